The molecule has 0 aromatic heterocycles. The zero-order valence-corrected chi connectivity index (χ0v) is 45.3. The number of nitrogens with one attached hydrogen (secondary N) is 1. The van der Waals surface area contributed by atoms with Gasteiger partial charge in [0.15, 0.2) is 0 Å². The number of hydrogen-bond acceptors (Lipinski definition) is 5. The number of carbonyl (C=O) groups excluding carboxylic acids is 1. The number of likely N-dealkylation sites (N-methyl/N-ethyl adjacent to an activating group) is 1. The summed E-state index contributed by atoms with van der Waals surface area (Å²) < 4.78 is 23.7. The van der Waals surface area contributed by atoms with E-state index >= 15 is 0 Å². The molecule has 0 heterocycles. The predicted octanol–water partition coefficient (Wildman–Crippen LogP) is 17.0. The van der Waals surface area contributed by atoms with Gasteiger partial charge in [0.1, 0.15) is 13.2 Å². The lowest BCUT2D eigenvalue weighted by Gasteiger charge is -2.25. The maximum absolute atomic E-state index is 12.9. The Bertz CT molecular complexity index is 1170. The molecule has 0 saturated heterocycles. The van der Waals surface area contributed by atoms with E-state index in [1.54, 1.807) is 6.08 Å². The molecule has 3 atom stereocenters. The van der Waals surface area contributed by atoms with Crippen LogP contribution in [0, 0.1) is 0 Å². The third-order valence-corrected chi connectivity index (χ3v) is 13.8. The van der Waals surface area contributed by atoms with Crippen molar-refractivity contribution in [2.75, 3.05) is 40.9 Å². The van der Waals surface area contributed by atoms with Crippen molar-refractivity contribution >= 4 is 13.7 Å². The van der Waals surface area contributed by atoms with E-state index in [9.17, 15) is 19.4 Å². The van der Waals surface area contributed by atoms with Gasteiger partial charge in [-0.05, 0) is 57.8 Å². The van der Waals surface area contributed by atoms with Gasteiger partial charge in [-0.1, -0.05) is 243 Å². The number of phosphoric acid groups is 1. The minimum absolute atomic E-state index is 0.0558. The van der Waals surface area contributed by atoms with Gasteiger partial charge in [-0.3, -0.25) is 13.8 Å². The van der Waals surface area contributed by atoms with Crippen molar-refractivity contribution in [3.8, 4) is 0 Å². The molecule has 1 amide bonds. The number of hydrogen-bond donors (Lipinski definition) is 3. The van der Waals surface area contributed by atoms with E-state index < -0.39 is 20.0 Å². The topological polar surface area (TPSA) is 105 Å². The molecule has 0 radical (unpaired) electrons. The van der Waals surface area contributed by atoms with Crippen molar-refractivity contribution < 1.29 is 32.9 Å². The van der Waals surface area contributed by atoms with Crippen molar-refractivity contribution in [3.63, 3.8) is 0 Å². The van der Waals surface area contributed by atoms with Crippen LogP contribution in [0.3, 0.4) is 0 Å². The van der Waals surface area contributed by atoms with Crippen molar-refractivity contribution in [1.82, 2.24) is 5.32 Å². The molecule has 66 heavy (non-hydrogen) atoms. The normalized spacial score (nSPS) is 14.2. The maximum Gasteiger partial charge on any atom is 0.472 e. The number of aliphatic hydroxyl groups is 1. The van der Waals surface area contributed by atoms with Crippen LogP contribution >= 0.6 is 7.82 Å². The molecule has 3 unspecified atom stereocenters. The second-order valence-electron chi connectivity index (χ2n) is 20.7. The van der Waals surface area contributed by atoms with Crippen LogP contribution in [-0.4, -0.2) is 73.4 Å². The van der Waals surface area contributed by atoms with Gasteiger partial charge in [0.05, 0.1) is 39.9 Å². The second-order valence-corrected chi connectivity index (χ2v) is 22.1. The summed E-state index contributed by atoms with van der Waals surface area (Å²) in [4.78, 5) is 23.2. The zero-order valence-electron chi connectivity index (χ0n) is 44.4. The molecule has 3 N–H and O–H groups in total. The minimum atomic E-state index is -4.35. The van der Waals surface area contributed by atoms with Crippen LogP contribution in [0.2, 0.25) is 0 Å². The van der Waals surface area contributed by atoms with Crippen LogP contribution in [0.15, 0.2) is 36.5 Å². The van der Waals surface area contributed by atoms with E-state index in [2.05, 4.69) is 43.5 Å². The molecule has 0 spiro atoms. The van der Waals surface area contributed by atoms with E-state index in [1.165, 1.54) is 212 Å². The van der Waals surface area contributed by atoms with Gasteiger partial charge >= 0.3 is 7.82 Å². The third kappa shape index (κ3) is 50.6. The van der Waals surface area contributed by atoms with E-state index in [-0.39, 0.29) is 19.1 Å². The molecule has 8 nitrogen and oxygen atoms in total. The van der Waals surface area contributed by atoms with Crippen LogP contribution in [0.4, 0.5) is 0 Å². The van der Waals surface area contributed by atoms with Crippen molar-refractivity contribution in [2.24, 2.45) is 0 Å². The summed E-state index contributed by atoms with van der Waals surface area (Å²) in [5.41, 5.74) is 0. The standard InChI is InChI=1S/C57H111N2O6P/c1-6-8-10-12-14-16-18-20-22-24-25-26-27-28-29-30-31-32-33-35-36-38-40-42-44-46-48-50-56(60)55(54-65-66(62,63)64-53-52-59(3,4)5)58-57(61)51-49-47-45-43-41-39-37-34-23-21-19-17-15-13-11-9-7-2/h21,23,40,42,48,50,55-56,60H,6-20,22,24-39,41,43-47,49,51-54H2,1-5H3,(H-,58,61,62,63)/p+1/b23-21-,42-40+,50-48+. The van der Waals surface area contributed by atoms with Crippen molar-refractivity contribution in [3.05, 3.63) is 36.5 Å². The number of phosphoric ester groups is 1. The molecule has 0 aromatic carbocycles. The molecule has 0 fully saturated rings. The summed E-state index contributed by atoms with van der Waals surface area (Å²) >= 11 is 0. The quantitative estimate of drug-likeness (QED) is 0.0243. The Labute approximate surface area is 410 Å². The first-order chi connectivity index (χ1) is 32.0. The number of unbranched alkanes of at least 4 members (excludes halogenated alkanes) is 35. The fraction of sp³-hybridized carbons (Fsp3) is 0.877. The molecule has 0 saturated carbocycles. The number of allylic oxidation sites excluding steroid dienone is 5. The lowest BCUT2D eigenvalue weighted by atomic mass is 10.0. The van der Waals surface area contributed by atoms with Crippen LogP contribution < -0.4 is 5.32 Å². The molecule has 0 rings (SSSR count). The Balaban J connectivity index is 4.24. The number of nitrogens with zero attached hydrogens (tertiary/aromatic N) is 1. The number of amides is 1. The van der Waals surface area contributed by atoms with E-state index in [4.69, 9.17) is 9.05 Å². The highest BCUT2D eigenvalue weighted by Gasteiger charge is 2.27. The van der Waals surface area contributed by atoms with E-state index in [1.807, 2.05) is 27.2 Å². The van der Waals surface area contributed by atoms with Crippen LogP contribution in [-0.2, 0) is 18.4 Å². The molecule has 0 bridgehead atoms. The zero-order chi connectivity index (χ0) is 48.5. The summed E-state index contributed by atoms with van der Waals surface area (Å²) in [7, 11) is 1.56. The number of carbonyl (C=O) groups is 1. The van der Waals surface area contributed by atoms with Gasteiger partial charge in [-0.25, -0.2) is 4.57 Å². The second kappa shape index (κ2) is 48.7. The summed E-state index contributed by atoms with van der Waals surface area (Å²) in [6.07, 6.45) is 62.5. The van der Waals surface area contributed by atoms with E-state index in [0.29, 0.717) is 17.4 Å². The third-order valence-electron chi connectivity index (χ3n) is 12.8. The van der Waals surface area contributed by atoms with Gasteiger partial charge in [-0.2, -0.15) is 0 Å². The fourth-order valence-corrected chi connectivity index (χ4v) is 9.08. The van der Waals surface area contributed by atoms with Gasteiger partial charge in [0.2, 0.25) is 5.91 Å². The van der Waals surface area contributed by atoms with Crippen molar-refractivity contribution in [1.29, 1.82) is 0 Å². The van der Waals surface area contributed by atoms with E-state index in [0.717, 1.165) is 38.5 Å². The molecular weight excluding hydrogens is 840 g/mol. The first-order valence-corrected chi connectivity index (χ1v) is 29.9. The summed E-state index contributed by atoms with van der Waals surface area (Å²) in [5, 5.41) is 13.9. The fourth-order valence-electron chi connectivity index (χ4n) is 8.35. The highest BCUT2D eigenvalue weighted by atomic mass is 31.2. The predicted molar refractivity (Wildman–Crippen MR) is 286 cm³/mol. The Kier molecular flexibility index (Phi) is 47.8. The molecule has 0 aliphatic heterocycles. The first-order valence-electron chi connectivity index (χ1n) is 28.4. The Hall–Kier alpha value is -1.28. The molecule has 0 aliphatic carbocycles. The van der Waals surface area contributed by atoms with Gasteiger partial charge in [-0.15, -0.1) is 0 Å². The lowest BCUT2D eigenvalue weighted by molar-refractivity contribution is -0.870. The SMILES string of the molecule is CCCCCCCC/C=C\CCCCCCCCCC(=O)NC(COP(=O)(O)OCC[N+](C)(C)C)C(O)/C=C/CC/C=C/CCCCCCCCCCCCCCCCCCCCCCC. The number of rotatable bonds is 52. The highest BCUT2D eigenvalue weighted by Crippen LogP contribution is 2.43. The van der Waals surface area contributed by atoms with Crippen molar-refractivity contribution in [2.45, 2.75) is 283 Å². The summed E-state index contributed by atoms with van der Waals surface area (Å²) in [5.74, 6) is -0.189. The Morgan fingerprint density at radius 1 is 0.500 bits per heavy atom. The largest absolute Gasteiger partial charge is 0.472 e. The highest BCUT2D eigenvalue weighted by molar-refractivity contribution is 7.47. The van der Waals surface area contributed by atoms with Gasteiger partial charge in [0.25, 0.3) is 0 Å². The number of quaternary nitrogens is 1. The number of aliphatic hydroxyl groups excluding tert-OH is 1. The molecule has 0 aliphatic rings. The average molecular weight is 953 g/mol. The molecule has 390 valence electrons. The van der Waals surface area contributed by atoms with Crippen LogP contribution in [0.5, 0.6) is 0 Å². The Morgan fingerprint density at radius 2 is 0.833 bits per heavy atom. The summed E-state index contributed by atoms with van der Waals surface area (Å²) in [6, 6.07) is -0.865. The lowest BCUT2D eigenvalue weighted by Crippen LogP contribution is -2.45. The average Bonchev–Trinajstić information content (AvgIpc) is 3.28. The molecular formula is C57H112N2O6P+. The van der Waals surface area contributed by atoms with Crippen LogP contribution in [0.1, 0.15) is 271 Å². The maximum atomic E-state index is 12.9. The molecule has 0 aromatic rings. The van der Waals surface area contributed by atoms with Gasteiger partial charge in [0, 0.05) is 6.42 Å². The molecule has 9 heteroatoms. The Morgan fingerprint density at radius 3 is 1.21 bits per heavy atom. The minimum Gasteiger partial charge on any atom is -0.387 e. The van der Waals surface area contributed by atoms with Gasteiger partial charge < -0.3 is 19.8 Å². The summed E-state index contributed by atoms with van der Waals surface area (Å²) in [6.45, 7) is 4.82. The smallest absolute Gasteiger partial charge is 0.387 e. The van der Waals surface area contributed by atoms with Crippen LogP contribution in [0.25, 0.3) is 0 Å². The first kappa shape index (κ1) is 64.7. The monoisotopic (exact) mass is 952 g/mol.